The molecule has 4 heteroatoms. The fraction of sp³-hybridized carbons (Fsp3) is 0.125. The smallest absolute Gasteiger partial charge is 0.207 e. The minimum atomic E-state index is -3.46. The third kappa shape index (κ3) is 2.66. The normalized spacial score (nSPS) is 17.7. The van der Waals surface area contributed by atoms with E-state index in [1.165, 1.54) is 0 Å². The average molecular weight is 285 g/mol. The Balaban J connectivity index is 1.81. The molecule has 1 N–H and O–H groups in total. The van der Waals surface area contributed by atoms with Gasteiger partial charge in [0, 0.05) is 6.04 Å². The van der Waals surface area contributed by atoms with Crippen molar-refractivity contribution in [2.45, 2.75) is 17.4 Å². The molecule has 0 radical (unpaired) electrons. The van der Waals surface area contributed by atoms with Crippen LogP contribution in [0.15, 0.2) is 65.6 Å². The molecule has 0 spiro atoms. The number of sulfonamides is 1. The predicted molar refractivity (Wildman–Crippen MR) is 79.7 cm³/mol. The number of benzene rings is 2. The minimum absolute atomic E-state index is 0.199. The number of hydrogen-bond donors (Lipinski definition) is 1. The fourth-order valence-corrected chi connectivity index (χ4v) is 3.57. The largest absolute Gasteiger partial charge is 0.241 e. The van der Waals surface area contributed by atoms with Crippen LogP contribution in [0.3, 0.4) is 0 Å². The number of rotatable bonds is 3. The molecule has 0 fully saturated rings. The van der Waals surface area contributed by atoms with Gasteiger partial charge in [0.25, 0.3) is 0 Å². The minimum Gasteiger partial charge on any atom is -0.207 e. The van der Waals surface area contributed by atoms with Gasteiger partial charge in [-0.25, -0.2) is 13.1 Å². The number of nitrogens with one attached hydrogen (secondary N) is 1. The molecule has 2 aromatic rings. The van der Waals surface area contributed by atoms with Gasteiger partial charge in [0.15, 0.2) is 0 Å². The molecule has 20 heavy (non-hydrogen) atoms. The summed E-state index contributed by atoms with van der Waals surface area (Å²) in [5.74, 6) is 0. The Morgan fingerprint density at radius 2 is 1.65 bits per heavy atom. The van der Waals surface area contributed by atoms with Crippen LogP contribution < -0.4 is 4.72 Å². The zero-order valence-electron chi connectivity index (χ0n) is 10.9. The highest BCUT2D eigenvalue weighted by atomic mass is 32.2. The SMILES string of the molecule is O=S(=O)(N[C@@H]1C=Cc2ccccc2C1)c1ccccc1. The second-order valence-electron chi connectivity index (χ2n) is 4.80. The van der Waals surface area contributed by atoms with Gasteiger partial charge in [-0.2, -0.15) is 0 Å². The number of fused-ring (bicyclic) bond motifs is 1. The van der Waals surface area contributed by atoms with Crippen molar-refractivity contribution >= 4 is 16.1 Å². The summed E-state index contributed by atoms with van der Waals surface area (Å²) in [5, 5.41) is 0. The lowest BCUT2D eigenvalue weighted by atomic mass is 9.95. The molecule has 3 rings (SSSR count). The summed E-state index contributed by atoms with van der Waals surface area (Å²) >= 11 is 0. The van der Waals surface area contributed by atoms with E-state index in [0.29, 0.717) is 11.3 Å². The predicted octanol–water partition coefficient (Wildman–Crippen LogP) is 2.60. The lowest BCUT2D eigenvalue weighted by Crippen LogP contribution is -2.36. The molecule has 102 valence electrons. The number of hydrogen-bond acceptors (Lipinski definition) is 2. The summed E-state index contributed by atoms with van der Waals surface area (Å²) in [5.41, 5.74) is 2.32. The van der Waals surface area contributed by atoms with Crippen LogP contribution in [0, 0.1) is 0 Å². The first-order valence-corrected chi connectivity index (χ1v) is 7.97. The summed E-state index contributed by atoms with van der Waals surface area (Å²) in [7, 11) is -3.46. The van der Waals surface area contributed by atoms with Crippen LogP contribution in [0.4, 0.5) is 0 Å². The van der Waals surface area contributed by atoms with E-state index in [-0.39, 0.29) is 6.04 Å². The summed E-state index contributed by atoms with van der Waals surface area (Å²) in [6, 6.07) is 16.3. The zero-order chi connectivity index (χ0) is 14.0. The molecule has 3 nitrogen and oxygen atoms in total. The van der Waals surface area contributed by atoms with Crippen molar-refractivity contribution in [3.63, 3.8) is 0 Å². The van der Waals surface area contributed by atoms with Gasteiger partial charge in [-0.1, -0.05) is 54.6 Å². The second kappa shape index (κ2) is 5.23. The van der Waals surface area contributed by atoms with Crippen molar-refractivity contribution in [3.05, 3.63) is 71.8 Å². The van der Waals surface area contributed by atoms with E-state index in [4.69, 9.17) is 0 Å². The molecule has 0 bridgehead atoms. The van der Waals surface area contributed by atoms with E-state index >= 15 is 0 Å². The lowest BCUT2D eigenvalue weighted by molar-refractivity contribution is 0.569. The van der Waals surface area contributed by atoms with Gasteiger partial charge in [-0.05, 0) is 29.7 Å². The standard InChI is InChI=1S/C16H15NO2S/c18-20(19,16-8-2-1-3-9-16)17-15-11-10-13-6-4-5-7-14(13)12-15/h1-11,15,17H,12H2/t15-/m1/s1. The zero-order valence-corrected chi connectivity index (χ0v) is 11.7. The Morgan fingerprint density at radius 3 is 2.45 bits per heavy atom. The molecule has 0 heterocycles. The van der Waals surface area contributed by atoms with E-state index in [0.717, 1.165) is 11.1 Å². The van der Waals surface area contributed by atoms with Crippen LogP contribution in [0.1, 0.15) is 11.1 Å². The van der Waals surface area contributed by atoms with E-state index in [9.17, 15) is 8.42 Å². The molecule has 0 aromatic heterocycles. The van der Waals surface area contributed by atoms with Crippen LogP contribution in [0.2, 0.25) is 0 Å². The average Bonchev–Trinajstić information content (AvgIpc) is 2.48. The Kier molecular flexibility index (Phi) is 3.42. The molecule has 0 unspecified atom stereocenters. The molecule has 0 aliphatic heterocycles. The van der Waals surface area contributed by atoms with Crippen molar-refractivity contribution in [3.8, 4) is 0 Å². The quantitative estimate of drug-likeness (QED) is 0.942. The van der Waals surface area contributed by atoms with Gasteiger partial charge < -0.3 is 0 Å². The highest BCUT2D eigenvalue weighted by Gasteiger charge is 2.20. The van der Waals surface area contributed by atoms with Gasteiger partial charge >= 0.3 is 0 Å². The summed E-state index contributed by atoms with van der Waals surface area (Å²) in [4.78, 5) is 0.298. The topological polar surface area (TPSA) is 46.2 Å². The van der Waals surface area contributed by atoms with Crippen molar-refractivity contribution in [2.24, 2.45) is 0 Å². The van der Waals surface area contributed by atoms with Crippen LogP contribution in [-0.2, 0) is 16.4 Å². The molecule has 1 atom stereocenters. The summed E-state index contributed by atoms with van der Waals surface area (Å²) in [6.45, 7) is 0. The first-order valence-electron chi connectivity index (χ1n) is 6.49. The summed E-state index contributed by atoms with van der Waals surface area (Å²) in [6.07, 6.45) is 4.55. The molecule has 1 aliphatic rings. The monoisotopic (exact) mass is 285 g/mol. The highest BCUT2D eigenvalue weighted by molar-refractivity contribution is 7.89. The fourth-order valence-electron chi connectivity index (χ4n) is 2.36. The molecule has 2 aromatic carbocycles. The van der Waals surface area contributed by atoms with Gasteiger partial charge in [0.1, 0.15) is 0 Å². The molecule has 0 saturated carbocycles. The third-order valence-electron chi connectivity index (χ3n) is 3.36. The molecule has 1 aliphatic carbocycles. The molecule has 0 amide bonds. The Hall–Kier alpha value is -1.91. The Morgan fingerprint density at radius 1 is 0.950 bits per heavy atom. The van der Waals surface area contributed by atoms with E-state index in [1.807, 2.05) is 36.4 Å². The first-order chi connectivity index (χ1) is 9.65. The second-order valence-corrected chi connectivity index (χ2v) is 6.52. The van der Waals surface area contributed by atoms with E-state index in [1.54, 1.807) is 30.3 Å². The first kappa shape index (κ1) is 13.1. The van der Waals surface area contributed by atoms with Crippen molar-refractivity contribution in [2.75, 3.05) is 0 Å². The maximum Gasteiger partial charge on any atom is 0.241 e. The van der Waals surface area contributed by atoms with Crippen LogP contribution >= 0.6 is 0 Å². The van der Waals surface area contributed by atoms with E-state index < -0.39 is 10.0 Å². The van der Waals surface area contributed by atoms with Crippen molar-refractivity contribution in [1.29, 1.82) is 0 Å². The van der Waals surface area contributed by atoms with E-state index in [2.05, 4.69) is 4.72 Å². The lowest BCUT2D eigenvalue weighted by Gasteiger charge is -2.20. The van der Waals surface area contributed by atoms with Gasteiger partial charge in [-0.15, -0.1) is 0 Å². The van der Waals surface area contributed by atoms with Gasteiger partial charge in [0.2, 0.25) is 10.0 Å². The highest BCUT2D eigenvalue weighted by Crippen LogP contribution is 2.20. The van der Waals surface area contributed by atoms with Gasteiger partial charge in [0.05, 0.1) is 4.90 Å². The van der Waals surface area contributed by atoms with Crippen molar-refractivity contribution in [1.82, 2.24) is 4.72 Å². The Labute approximate surface area is 119 Å². The Bertz CT molecular complexity index is 736. The van der Waals surface area contributed by atoms with Crippen LogP contribution in [0.5, 0.6) is 0 Å². The molecule has 0 saturated heterocycles. The third-order valence-corrected chi connectivity index (χ3v) is 4.87. The van der Waals surface area contributed by atoms with Crippen LogP contribution in [0.25, 0.3) is 6.08 Å². The van der Waals surface area contributed by atoms with Crippen LogP contribution in [-0.4, -0.2) is 14.5 Å². The van der Waals surface area contributed by atoms with Gasteiger partial charge in [-0.3, -0.25) is 0 Å². The maximum atomic E-state index is 12.3. The molecular formula is C16H15NO2S. The maximum absolute atomic E-state index is 12.3. The van der Waals surface area contributed by atoms with Crippen molar-refractivity contribution < 1.29 is 8.42 Å². The summed E-state index contributed by atoms with van der Waals surface area (Å²) < 4.78 is 27.3. The molecular weight excluding hydrogens is 270 g/mol.